The molecule has 3 aromatic carbocycles. The number of amides is 2. The molecule has 0 fully saturated rings. The number of anilines is 1. The second-order valence-electron chi connectivity index (χ2n) is 10.3. The summed E-state index contributed by atoms with van der Waals surface area (Å²) in [4.78, 5) is 44.2. The van der Waals surface area contributed by atoms with Crippen molar-refractivity contribution in [2.24, 2.45) is 0 Å². The first-order chi connectivity index (χ1) is 20.9. The molecular weight excluding hydrogens is 564 g/mol. The summed E-state index contributed by atoms with van der Waals surface area (Å²) in [5.41, 5.74) is 2.34. The van der Waals surface area contributed by atoms with Crippen LogP contribution in [-0.2, 0) is 4.79 Å². The monoisotopic (exact) mass is 600 g/mol. The molecule has 9 heteroatoms. The van der Waals surface area contributed by atoms with E-state index in [4.69, 9.17) is 16.3 Å². The van der Waals surface area contributed by atoms with E-state index >= 15 is 0 Å². The minimum atomic E-state index is -1.57. The minimum Gasteiger partial charge on any atom is -0.472 e. The van der Waals surface area contributed by atoms with Gasteiger partial charge in [-0.1, -0.05) is 86.5 Å². The van der Waals surface area contributed by atoms with E-state index in [1.54, 1.807) is 29.0 Å². The maximum Gasteiger partial charge on any atom is 0.273 e. The highest BCUT2D eigenvalue weighted by Gasteiger charge is 2.33. The van der Waals surface area contributed by atoms with Crippen LogP contribution < -0.4 is 15.4 Å². The summed E-state index contributed by atoms with van der Waals surface area (Å²) in [6.07, 6.45) is 8.37. The van der Waals surface area contributed by atoms with E-state index in [0.717, 1.165) is 24.8 Å². The fourth-order valence-electron chi connectivity index (χ4n) is 4.54. The summed E-state index contributed by atoms with van der Waals surface area (Å²) in [7, 11) is 0. The van der Waals surface area contributed by atoms with Crippen molar-refractivity contribution in [2.45, 2.75) is 58.5 Å². The molecule has 8 nitrogen and oxygen atoms in total. The van der Waals surface area contributed by atoms with Gasteiger partial charge in [0, 0.05) is 30.2 Å². The van der Waals surface area contributed by atoms with Crippen LogP contribution >= 0.6 is 11.6 Å². The Morgan fingerprint density at radius 2 is 1.65 bits per heavy atom. The lowest BCUT2D eigenvalue weighted by atomic mass is 10.1. The smallest absolute Gasteiger partial charge is 0.273 e. The number of halogens is 1. The second-order valence-corrected chi connectivity index (χ2v) is 10.7. The van der Waals surface area contributed by atoms with Crippen LogP contribution in [0.25, 0.3) is 5.69 Å². The van der Waals surface area contributed by atoms with E-state index < -0.39 is 17.8 Å². The summed E-state index contributed by atoms with van der Waals surface area (Å²) in [6, 6.07) is 20.9. The van der Waals surface area contributed by atoms with Crippen LogP contribution in [0, 0.1) is 6.92 Å². The number of nitrogens with one attached hydrogen (secondary N) is 2. The molecule has 1 unspecified atom stereocenters. The standard InChI is InChI=1S/C34H37ClN4O4/c1-3-4-5-6-7-11-20-37-33(41)25-16-19-29(28(35)23-25)38-34(42)31(43-27-17-14-24(2)15-18-27)30(40)32-36-21-22-39(32)26-12-9-8-10-13-26/h8-10,12-19,21-23,31H,3-7,11,20H2,1-2H3,(H,37,41)(H,38,42). The topological polar surface area (TPSA) is 102 Å². The number of carbonyl (C=O) groups is 3. The van der Waals surface area contributed by atoms with Crippen molar-refractivity contribution in [1.29, 1.82) is 0 Å². The number of unbranched alkanes of at least 4 members (excludes halogenated alkanes) is 5. The Hall–Kier alpha value is -4.43. The number of ketones is 1. The van der Waals surface area contributed by atoms with Gasteiger partial charge >= 0.3 is 0 Å². The van der Waals surface area contributed by atoms with E-state index in [1.165, 1.54) is 37.6 Å². The Labute approximate surface area is 257 Å². The molecule has 0 spiro atoms. The van der Waals surface area contributed by atoms with Crippen molar-refractivity contribution in [3.63, 3.8) is 0 Å². The average Bonchev–Trinajstić information content (AvgIpc) is 3.51. The summed E-state index contributed by atoms with van der Waals surface area (Å²) in [6.45, 7) is 4.69. The van der Waals surface area contributed by atoms with Crippen LogP contribution in [0.2, 0.25) is 5.02 Å². The average molecular weight is 601 g/mol. The molecule has 0 aliphatic carbocycles. The SMILES string of the molecule is CCCCCCCCNC(=O)c1ccc(NC(=O)C(Oc2ccc(C)cc2)C(=O)c2nccn2-c2ccccc2)c(Cl)c1. The van der Waals surface area contributed by atoms with E-state index in [0.29, 0.717) is 23.5 Å². The van der Waals surface area contributed by atoms with Crippen LogP contribution in [0.5, 0.6) is 5.75 Å². The number of hydrogen-bond acceptors (Lipinski definition) is 5. The minimum absolute atomic E-state index is 0.0435. The normalized spacial score (nSPS) is 11.5. The number of Topliss-reactive ketones (excluding diaryl/α,β-unsaturated/α-hetero) is 1. The highest BCUT2D eigenvalue weighted by Crippen LogP contribution is 2.25. The van der Waals surface area contributed by atoms with Gasteiger partial charge in [-0.3, -0.25) is 19.0 Å². The quantitative estimate of drug-likeness (QED) is 0.0854. The van der Waals surface area contributed by atoms with E-state index in [2.05, 4.69) is 22.5 Å². The van der Waals surface area contributed by atoms with Gasteiger partial charge in [-0.05, 0) is 55.8 Å². The number of hydrogen-bond donors (Lipinski definition) is 2. The number of rotatable bonds is 15. The molecule has 0 saturated carbocycles. The van der Waals surface area contributed by atoms with Crippen molar-refractivity contribution in [3.8, 4) is 11.4 Å². The lowest BCUT2D eigenvalue weighted by molar-refractivity contribution is -0.120. The number of aromatic nitrogens is 2. The van der Waals surface area contributed by atoms with Gasteiger partial charge in [0.15, 0.2) is 5.82 Å². The molecule has 1 aromatic heterocycles. The largest absolute Gasteiger partial charge is 0.472 e. The zero-order valence-corrected chi connectivity index (χ0v) is 25.3. The second kappa shape index (κ2) is 15.7. The van der Waals surface area contributed by atoms with Crippen LogP contribution in [0.4, 0.5) is 5.69 Å². The molecule has 43 heavy (non-hydrogen) atoms. The lowest BCUT2D eigenvalue weighted by Gasteiger charge is -2.19. The molecule has 4 aromatic rings. The maximum absolute atomic E-state index is 13.8. The molecule has 0 bridgehead atoms. The van der Waals surface area contributed by atoms with Gasteiger partial charge in [0.1, 0.15) is 5.75 Å². The van der Waals surface area contributed by atoms with Gasteiger partial charge in [-0.15, -0.1) is 0 Å². The van der Waals surface area contributed by atoms with Gasteiger partial charge in [0.05, 0.1) is 10.7 Å². The molecule has 0 aliphatic rings. The third-order valence-electron chi connectivity index (χ3n) is 6.95. The molecule has 224 valence electrons. The van der Waals surface area contributed by atoms with Crippen LogP contribution in [0.15, 0.2) is 85.2 Å². The predicted molar refractivity (Wildman–Crippen MR) is 169 cm³/mol. The summed E-state index contributed by atoms with van der Waals surface area (Å²) < 4.78 is 7.55. The highest BCUT2D eigenvalue weighted by atomic mass is 35.5. The van der Waals surface area contributed by atoms with Crippen molar-refractivity contribution in [1.82, 2.24) is 14.9 Å². The number of ether oxygens (including phenoxy) is 1. The molecule has 0 aliphatic heterocycles. The number of aryl methyl sites for hydroxylation is 1. The van der Waals surface area contributed by atoms with Gasteiger partial charge in [0.25, 0.3) is 11.8 Å². The number of imidazole rings is 1. The van der Waals surface area contributed by atoms with Crippen molar-refractivity contribution >= 4 is 34.9 Å². The van der Waals surface area contributed by atoms with Crippen molar-refractivity contribution < 1.29 is 19.1 Å². The Morgan fingerprint density at radius 1 is 0.930 bits per heavy atom. The number of nitrogens with zero attached hydrogens (tertiary/aromatic N) is 2. The number of benzene rings is 3. The molecule has 1 atom stereocenters. The molecule has 2 N–H and O–H groups in total. The number of para-hydroxylation sites is 1. The van der Waals surface area contributed by atoms with Gasteiger partial charge in [-0.2, -0.15) is 0 Å². The fraction of sp³-hybridized carbons (Fsp3) is 0.294. The van der Waals surface area contributed by atoms with Crippen LogP contribution in [0.3, 0.4) is 0 Å². The molecule has 0 saturated heterocycles. The van der Waals surface area contributed by atoms with Gasteiger partial charge in [-0.25, -0.2) is 4.98 Å². The zero-order chi connectivity index (χ0) is 30.6. The van der Waals surface area contributed by atoms with Crippen molar-refractivity contribution in [2.75, 3.05) is 11.9 Å². The van der Waals surface area contributed by atoms with Gasteiger partial charge in [0.2, 0.25) is 11.9 Å². The predicted octanol–water partition coefficient (Wildman–Crippen LogP) is 7.19. The van der Waals surface area contributed by atoms with Crippen LogP contribution in [-0.4, -0.2) is 39.8 Å². The Bertz CT molecular complexity index is 1520. The zero-order valence-electron chi connectivity index (χ0n) is 24.5. The fourth-order valence-corrected chi connectivity index (χ4v) is 4.77. The van der Waals surface area contributed by atoms with Crippen molar-refractivity contribution in [3.05, 3.63) is 107 Å². The lowest BCUT2D eigenvalue weighted by Crippen LogP contribution is -2.41. The van der Waals surface area contributed by atoms with E-state index in [1.807, 2.05) is 49.4 Å². The van der Waals surface area contributed by atoms with E-state index in [-0.39, 0.29) is 22.4 Å². The first-order valence-corrected chi connectivity index (χ1v) is 15.0. The first-order valence-electron chi connectivity index (χ1n) is 14.6. The summed E-state index contributed by atoms with van der Waals surface area (Å²) >= 11 is 6.48. The summed E-state index contributed by atoms with van der Waals surface area (Å²) in [5.74, 6) is -1.21. The van der Waals surface area contributed by atoms with Gasteiger partial charge < -0.3 is 15.4 Å². The van der Waals surface area contributed by atoms with E-state index in [9.17, 15) is 14.4 Å². The van der Waals surface area contributed by atoms with Crippen LogP contribution in [0.1, 0.15) is 72.0 Å². The third-order valence-corrected chi connectivity index (χ3v) is 7.26. The molecule has 4 rings (SSSR count). The molecule has 0 radical (unpaired) electrons. The third kappa shape index (κ3) is 8.78. The molecule has 1 heterocycles. The molecular formula is C34H37ClN4O4. The Balaban J connectivity index is 1.48. The Morgan fingerprint density at radius 3 is 2.37 bits per heavy atom. The number of carbonyl (C=O) groups excluding carboxylic acids is 3. The summed E-state index contributed by atoms with van der Waals surface area (Å²) in [5, 5.41) is 5.78. The molecule has 2 amide bonds. The highest BCUT2D eigenvalue weighted by molar-refractivity contribution is 6.34. The first kappa shape index (κ1) is 31.5. The Kier molecular flexibility index (Phi) is 11.5. The maximum atomic E-state index is 13.8.